The third kappa shape index (κ3) is 18.3. The van der Waals surface area contributed by atoms with E-state index >= 15 is 0 Å². The van der Waals surface area contributed by atoms with E-state index in [9.17, 15) is 18.4 Å². The number of hydrogen-bond acceptors (Lipinski definition) is 11. The monoisotopic (exact) mass is 616 g/mol. The summed E-state index contributed by atoms with van der Waals surface area (Å²) < 4.78 is 46.4. The van der Waals surface area contributed by atoms with Gasteiger partial charge in [-0.15, -0.1) is 0 Å². The Labute approximate surface area is 249 Å². The minimum atomic E-state index is -1.79. The maximum Gasteiger partial charge on any atom is 0.488 e. The zero-order valence-electron chi connectivity index (χ0n) is 24.2. The molecule has 8 N–H and O–H groups in total. The highest BCUT2D eigenvalue weighted by atomic mass is 19.1. The van der Waals surface area contributed by atoms with Crippen molar-refractivity contribution in [3.05, 3.63) is 59.2 Å². The van der Waals surface area contributed by atoms with Gasteiger partial charge in [-0.25, -0.2) is 13.6 Å². The average Bonchev–Trinajstić information content (AvgIpc) is 2.96. The van der Waals surface area contributed by atoms with Crippen LogP contribution in [0.25, 0.3) is 0 Å². The minimum Gasteiger partial charge on any atom is -0.478 e. The molecular formula is C26H40B2F2N2O11. The van der Waals surface area contributed by atoms with E-state index in [1.807, 2.05) is 0 Å². The fourth-order valence-electron chi connectivity index (χ4n) is 2.89. The summed E-state index contributed by atoms with van der Waals surface area (Å²) in [5, 5.41) is 46.0. The summed E-state index contributed by atoms with van der Waals surface area (Å²) >= 11 is 0. The van der Waals surface area contributed by atoms with Gasteiger partial charge in [-0.3, -0.25) is 4.79 Å². The Balaban J connectivity index is 0.000000682. The molecule has 0 atom stereocenters. The van der Waals surface area contributed by atoms with Crippen molar-refractivity contribution in [2.75, 3.05) is 67.0 Å². The summed E-state index contributed by atoms with van der Waals surface area (Å²) in [6.45, 7) is 4.63. The van der Waals surface area contributed by atoms with Gasteiger partial charge in [-0.1, -0.05) is 12.1 Å². The molecule has 0 spiro atoms. The molecule has 2 aromatic carbocycles. The van der Waals surface area contributed by atoms with Crippen LogP contribution in [0.5, 0.6) is 0 Å². The highest BCUT2D eigenvalue weighted by Crippen LogP contribution is 2.06. The van der Waals surface area contributed by atoms with Crippen molar-refractivity contribution in [2.24, 2.45) is 5.73 Å². The molecule has 2 rings (SSSR count). The third-order valence-electron chi connectivity index (χ3n) is 5.17. The first-order valence-electron chi connectivity index (χ1n) is 13.2. The van der Waals surface area contributed by atoms with Gasteiger partial charge in [-0.05, 0) is 54.6 Å². The number of carboxylic acids is 1. The summed E-state index contributed by atoms with van der Waals surface area (Å²) in [6, 6.07) is 6.32. The number of rotatable bonds is 17. The van der Waals surface area contributed by atoms with Gasteiger partial charge >= 0.3 is 20.2 Å². The van der Waals surface area contributed by atoms with Crippen LogP contribution in [-0.4, -0.2) is 118 Å². The van der Waals surface area contributed by atoms with Crippen LogP contribution in [-0.2, 0) is 18.9 Å². The number of hydrogen-bond donors (Lipinski definition) is 7. The average molecular weight is 616 g/mol. The van der Waals surface area contributed by atoms with Gasteiger partial charge in [-0.2, -0.15) is 0 Å². The lowest BCUT2D eigenvalue weighted by atomic mass is 9.80. The van der Waals surface area contributed by atoms with Crippen LogP contribution < -0.4 is 22.0 Å². The maximum absolute atomic E-state index is 13.7. The van der Waals surface area contributed by atoms with E-state index in [2.05, 4.69) is 5.32 Å². The number of benzene rings is 2. The van der Waals surface area contributed by atoms with Gasteiger partial charge in [0.1, 0.15) is 11.6 Å². The highest BCUT2D eigenvalue weighted by Gasteiger charge is 2.17. The second kappa shape index (κ2) is 24.5. The lowest BCUT2D eigenvalue weighted by molar-refractivity contribution is 0.0686. The number of amides is 1. The Morgan fingerprint density at radius 2 is 1.23 bits per heavy atom. The second-order valence-corrected chi connectivity index (χ2v) is 8.49. The number of ether oxygens (including phenoxy) is 4. The molecular weight excluding hydrogens is 576 g/mol. The topological polar surface area (TPSA) is 210 Å². The highest BCUT2D eigenvalue weighted by molar-refractivity contribution is 6.59. The van der Waals surface area contributed by atoms with E-state index in [0.717, 1.165) is 37.3 Å². The molecule has 43 heavy (non-hydrogen) atoms. The molecule has 0 bridgehead atoms. The molecule has 17 heteroatoms. The molecule has 0 aliphatic heterocycles. The Morgan fingerprint density at radius 3 is 1.63 bits per heavy atom. The van der Waals surface area contributed by atoms with Crippen LogP contribution in [0, 0.1) is 11.6 Å². The number of carbonyl (C=O) groups excluding carboxylic acids is 1. The Morgan fingerprint density at radius 1 is 0.767 bits per heavy atom. The van der Waals surface area contributed by atoms with Gasteiger partial charge < -0.3 is 55.2 Å². The molecule has 0 fully saturated rings. The molecule has 240 valence electrons. The number of halogens is 2. The molecule has 0 aromatic heterocycles. The van der Waals surface area contributed by atoms with Gasteiger partial charge in [0.15, 0.2) is 0 Å². The first-order valence-corrected chi connectivity index (χ1v) is 13.2. The molecule has 0 heterocycles. The van der Waals surface area contributed by atoms with Crippen LogP contribution in [0.3, 0.4) is 0 Å². The smallest absolute Gasteiger partial charge is 0.478 e. The molecule has 0 aliphatic rings. The first-order chi connectivity index (χ1) is 20.5. The number of carbonyl (C=O) groups is 2. The van der Waals surface area contributed by atoms with Crippen LogP contribution in [0.1, 0.15) is 33.6 Å². The zero-order valence-corrected chi connectivity index (χ0v) is 24.2. The summed E-state index contributed by atoms with van der Waals surface area (Å²) in [7, 11) is -0.316. The second-order valence-electron chi connectivity index (χ2n) is 8.49. The van der Waals surface area contributed by atoms with E-state index in [1.165, 1.54) is 12.1 Å². The van der Waals surface area contributed by atoms with Gasteiger partial charge in [0.05, 0.1) is 37.6 Å². The Kier molecular flexibility index (Phi) is 22.8. The first kappa shape index (κ1) is 40.0. The number of nitrogens with two attached hydrogens (primary N) is 1. The summed E-state index contributed by atoms with van der Waals surface area (Å²) in [5.74, 6) is -3.73. The van der Waals surface area contributed by atoms with Crippen molar-refractivity contribution >= 4 is 37.0 Å². The van der Waals surface area contributed by atoms with Crippen molar-refractivity contribution in [3.63, 3.8) is 0 Å². The molecule has 1 amide bonds. The summed E-state index contributed by atoms with van der Waals surface area (Å²) in [6.07, 6.45) is 1.54. The number of aromatic carboxylic acids is 1. The number of methoxy groups -OCH3 is 2. The van der Waals surface area contributed by atoms with E-state index in [4.69, 9.17) is 49.9 Å². The number of nitrogens with one attached hydrogen (secondary N) is 1. The van der Waals surface area contributed by atoms with Crippen molar-refractivity contribution in [1.29, 1.82) is 0 Å². The Bertz CT molecular complexity index is 1060. The molecule has 0 radical (unpaired) electrons. The van der Waals surface area contributed by atoms with Crippen molar-refractivity contribution in [3.8, 4) is 0 Å². The van der Waals surface area contributed by atoms with Gasteiger partial charge in [0.25, 0.3) is 5.91 Å². The zero-order chi connectivity index (χ0) is 32.6. The maximum atomic E-state index is 13.7. The fraction of sp³-hybridized carbons (Fsp3) is 0.462. The molecule has 13 nitrogen and oxygen atoms in total. The van der Waals surface area contributed by atoms with Crippen molar-refractivity contribution < 1.29 is 62.5 Å². The SMILES string of the molecule is COCCOCCCN.COCCOCCCNC(=O)c1ccc(B(O)O)cc1F.O=C(O)c1ccc(B(O)O)cc1F. The minimum absolute atomic E-state index is 0.00408. The Hall–Kier alpha value is -2.99. The lowest BCUT2D eigenvalue weighted by Crippen LogP contribution is -2.32. The molecule has 2 aromatic rings. The fourth-order valence-corrected chi connectivity index (χ4v) is 2.89. The van der Waals surface area contributed by atoms with Crippen molar-refractivity contribution in [2.45, 2.75) is 12.8 Å². The number of carboxylic acid groups (broad SMARTS) is 1. The quantitative estimate of drug-likeness (QED) is 0.0800. The summed E-state index contributed by atoms with van der Waals surface area (Å²) in [4.78, 5) is 22.1. The van der Waals surface area contributed by atoms with E-state index in [-0.39, 0.29) is 16.5 Å². The van der Waals surface area contributed by atoms with Crippen LogP contribution >= 0.6 is 0 Å². The van der Waals surface area contributed by atoms with Crippen molar-refractivity contribution in [1.82, 2.24) is 5.32 Å². The van der Waals surface area contributed by atoms with Crippen LogP contribution in [0.4, 0.5) is 8.78 Å². The normalized spacial score (nSPS) is 10.2. The largest absolute Gasteiger partial charge is 0.488 e. The predicted octanol–water partition coefficient (Wildman–Crippen LogP) is -1.51. The van der Waals surface area contributed by atoms with E-state index in [0.29, 0.717) is 52.5 Å². The van der Waals surface area contributed by atoms with E-state index < -0.39 is 43.3 Å². The molecule has 0 saturated carbocycles. The van der Waals surface area contributed by atoms with Gasteiger partial charge in [0, 0.05) is 34.0 Å². The van der Waals surface area contributed by atoms with Crippen LogP contribution in [0.15, 0.2) is 36.4 Å². The van der Waals surface area contributed by atoms with Gasteiger partial charge in [0.2, 0.25) is 0 Å². The molecule has 0 saturated heterocycles. The predicted molar refractivity (Wildman–Crippen MR) is 155 cm³/mol. The van der Waals surface area contributed by atoms with Crippen LogP contribution in [0.2, 0.25) is 0 Å². The standard InChI is InChI=1S/C13H19BFNO5.C7H6BFO4.C6H15NO2/c1-20-7-8-21-6-2-5-16-13(17)11-4-3-10(14(18)19)9-12(11)15;9-6-3-4(8(12)13)1-2-5(6)7(10)11;1-8-5-6-9-4-2-3-7/h3-4,9,18-19H,2,5-8H2,1H3,(H,16,17);1-3,12-13H,(H,10,11);2-7H2,1H3. The summed E-state index contributed by atoms with van der Waals surface area (Å²) in [5.41, 5.74) is 4.51. The molecule has 0 aliphatic carbocycles. The lowest BCUT2D eigenvalue weighted by Gasteiger charge is -2.08. The van der Waals surface area contributed by atoms with E-state index in [1.54, 1.807) is 14.2 Å². The third-order valence-corrected chi connectivity index (χ3v) is 5.17. The molecule has 0 unspecified atom stereocenters.